The van der Waals surface area contributed by atoms with Gasteiger partial charge in [0, 0.05) is 29.2 Å². The zero-order chi connectivity index (χ0) is 20.8. The highest BCUT2D eigenvalue weighted by Gasteiger charge is 2.13. The fourth-order valence-corrected chi connectivity index (χ4v) is 2.99. The van der Waals surface area contributed by atoms with Gasteiger partial charge in [-0.1, -0.05) is 30.3 Å². The average Bonchev–Trinajstić information content (AvgIpc) is 3.07. The molecule has 1 heterocycles. The van der Waals surface area contributed by atoms with Gasteiger partial charge in [-0.2, -0.15) is 5.26 Å². The van der Waals surface area contributed by atoms with Gasteiger partial charge in [-0.05, 0) is 29.8 Å². The molecule has 0 saturated heterocycles. The molecule has 0 radical (unpaired) electrons. The predicted octanol–water partition coefficient (Wildman–Crippen LogP) is 2.96. The van der Waals surface area contributed by atoms with Gasteiger partial charge in [0.25, 0.3) is 5.91 Å². The molecule has 3 rings (SSSR count). The first-order valence-corrected chi connectivity index (χ1v) is 8.84. The van der Waals surface area contributed by atoms with Crippen molar-refractivity contribution in [3.63, 3.8) is 0 Å². The number of fused-ring (bicyclic) bond motifs is 1. The number of nitriles is 1. The van der Waals surface area contributed by atoms with Crippen LogP contribution in [0.4, 0.5) is 0 Å². The van der Waals surface area contributed by atoms with E-state index in [9.17, 15) is 14.9 Å². The molecule has 0 spiro atoms. The molecule has 146 valence electrons. The van der Waals surface area contributed by atoms with Crippen molar-refractivity contribution >= 4 is 28.9 Å². The van der Waals surface area contributed by atoms with Crippen LogP contribution in [0.15, 0.2) is 60.3 Å². The third-order valence-corrected chi connectivity index (χ3v) is 4.40. The molecular weight excluding hydrogens is 370 g/mol. The van der Waals surface area contributed by atoms with Gasteiger partial charge >= 0.3 is 5.97 Å². The third-order valence-electron chi connectivity index (χ3n) is 4.40. The molecule has 7 heteroatoms. The maximum absolute atomic E-state index is 12.5. The predicted molar refractivity (Wildman–Crippen MR) is 108 cm³/mol. The van der Waals surface area contributed by atoms with E-state index in [0.29, 0.717) is 5.56 Å². The van der Waals surface area contributed by atoms with Crippen LogP contribution in [-0.2, 0) is 22.7 Å². The van der Waals surface area contributed by atoms with Crippen molar-refractivity contribution in [1.29, 1.82) is 5.26 Å². The zero-order valence-electron chi connectivity index (χ0n) is 15.8. The van der Waals surface area contributed by atoms with Crippen molar-refractivity contribution in [2.24, 2.45) is 0 Å². The van der Waals surface area contributed by atoms with E-state index in [-0.39, 0.29) is 18.7 Å². The standard InChI is InChI=1S/C22H19N3O4/c1-29-18-8-6-15(7-9-18)12-24-22(28)16(11-23)10-17-13-25(14-21(26)27)20-5-3-2-4-19(17)20/h2-10,13H,12,14H2,1H3,(H,24,28)(H,26,27)/b16-10-. The molecule has 0 aliphatic rings. The summed E-state index contributed by atoms with van der Waals surface area (Å²) >= 11 is 0. The average molecular weight is 389 g/mol. The van der Waals surface area contributed by atoms with E-state index in [1.165, 1.54) is 6.08 Å². The molecule has 0 unspecified atom stereocenters. The van der Waals surface area contributed by atoms with E-state index < -0.39 is 11.9 Å². The smallest absolute Gasteiger partial charge is 0.323 e. The van der Waals surface area contributed by atoms with Crippen molar-refractivity contribution in [1.82, 2.24) is 9.88 Å². The number of hydrogen-bond acceptors (Lipinski definition) is 4. The second-order valence-corrected chi connectivity index (χ2v) is 6.32. The molecule has 0 atom stereocenters. The summed E-state index contributed by atoms with van der Waals surface area (Å²) in [5, 5.41) is 22.0. The van der Waals surface area contributed by atoms with Gasteiger partial charge in [0.15, 0.2) is 0 Å². The van der Waals surface area contributed by atoms with E-state index in [1.807, 2.05) is 30.3 Å². The first kappa shape index (κ1) is 19.7. The SMILES string of the molecule is COc1ccc(CNC(=O)/C(C#N)=C\c2cn(CC(=O)O)c3ccccc23)cc1. The van der Waals surface area contributed by atoms with Crippen LogP contribution in [0, 0.1) is 11.3 Å². The number of para-hydroxylation sites is 1. The van der Waals surface area contributed by atoms with Crippen LogP contribution >= 0.6 is 0 Å². The van der Waals surface area contributed by atoms with Crippen molar-refractivity contribution in [3.05, 3.63) is 71.4 Å². The summed E-state index contributed by atoms with van der Waals surface area (Å²) in [4.78, 5) is 23.6. The Balaban J connectivity index is 1.82. The van der Waals surface area contributed by atoms with Gasteiger partial charge in [0.2, 0.25) is 0 Å². The van der Waals surface area contributed by atoms with Gasteiger partial charge in [0.05, 0.1) is 7.11 Å². The van der Waals surface area contributed by atoms with Gasteiger partial charge in [0.1, 0.15) is 23.9 Å². The minimum Gasteiger partial charge on any atom is -0.497 e. The molecule has 0 bridgehead atoms. The Kier molecular flexibility index (Phi) is 5.95. The number of nitrogens with one attached hydrogen (secondary N) is 1. The number of carboxylic acids is 1. The summed E-state index contributed by atoms with van der Waals surface area (Å²) in [7, 11) is 1.58. The molecule has 2 aromatic carbocycles. The topological polar surface area (TPSA) is 104 Å². The second-order valence-electron chi connectivity index (χ2n) is 6.32. The van der Waals surface area contributed by atoms with Crippen LogP contribution in [0.2, 0.25) is 0 Å². The van der Waals surface area contributed by atoms with Crippen molar-refractivity contribution in [3.8, 4) is 11.8 Å². The lowest BCUT2D eigenvalue weighted by Gasteiger charge is -2.05. The monoisotopic (exact) mass is 389 g/mol. The number of carbonyl (C=O) groups excluding carboxylic acids is 1. The Hall–Kier alpha value is -4.05. The third kappa shape index (κ3) is 4.62. The van der Waals surface area contributed by atoms with Crippen molar-refractivity contribution < 1.29 is 19.4 Å². The maximum Gasteiger partial charge on any atom is 0.323 e. The quantitative estimate of drug-likeness (QED) is 0.478. The summed E-state index contributed by atoms with van der Waals surface area (Å²) in [6.45, 7) is 0.0581. The molecule has 7 nitrogen and oxygen atoms in total. The molecule has 1 amide bonds. The molecule has 0 aliphatic carbocycles. The zero-order valence-corrected chi connectivity index (χ0v) is 15.8. The lowest BCUT2D eigenvalue weighted by molar-refractivity contribution is -0.137. The number of aromatic nitrogens is 1. The van der Waals surface area contributed by atoms with Crippen LogP contribution < -0.4 is 10.1 Å². The number of methoxy groups -OCH3 is 1. The fourth-order valence-electron chi connectivity index (χ4n) is 2.99. The molecule has 1 aromatic heterocycles. The minimum absolute atomic E-state index is 0.0586. The molecule has 0 fully saturated rings. The normalized spacial score (nSPS) is 11.1. The van der Waals surface area contributed by atoms with E-state index in [1.54, 1.807) is 42.1 Å². The Morgan fingerprint density at radius 2 is 1.93 bits per heavy atom. The number of aliphatic carboxylic acids is 1. The van der Waals surface area contributed by atoms with Crippen molar-refractivity contribution in [2.75, 3.05) is 7.11 Å². The minimum atomic E-state index is -0.973. The number of hydrogen-bond donors (Lipinski definition) is 2. The first-order chi connectivity index (χ1) is 14.0. The van der Waals surface area contributed by atoms with E-state index in [0.717, 1.165) is 22.2 Å². The van der Waals surface area contributed by atoms with Gasteiger partial charge in [-0.25, -0.2) is 0 Å². The van der Waals surface area contributed by atoms with Gasteiger partial charge < -0.3 is 19.7 Å². The Labute approximate surface area is 167 Å². The number of ether oxygens (including phenoxy) is 1. The summed E-state index contributed by atoms with van der Waals surface area (Å²) in [6.07, 6.45) is 3.11. The lowest BCUT2D eigenvalue weighted by Crippen LogP contribution is -2.23. The first-order valence-electron chi connectivity index (χ1n) is 8.84. The summed E-state index contributed by atoms with van der Waals surface area (Å²) in [6, 6.07) is 16.4. The largest absolute Gasteiger partial charge is 0.497 e. The van der Waals surface area contributed by atoms with Crippen LogP contribution in [0.1, 0.15) is 11.1 Å². The molecular formula is C22H19N3O4. The second kappa shape index (κ2) is 8.76. The van der Waals surface area contributed by atoms with E-state index >= 15 is 0 Å². The fraction of sp³-hybridized carbons (Fsp3) is 0.136. The van der Waals surface area contributed by atoms with Gasteiger partial charge in [-0.15, -0.1) is 0 Å². The number of rotatable bonds is 7. The Morgan fingerprint density at radius 3 is 2.59 bits per heavy atom. The highest BCUT2D eigenvalue weighted by atomic mass is 16.5. The van der Waals surface area contributed by atoms with Gasteiger partial charge in [-0.3, -0.25) is 9.59 Å². The van der Waals surface area contributed by atoms with Crippen LogP contribution in [-0.4, -0.2) is 28.7 Å². The highest BCUT2D eigenvalue weighted by molar-refractivity contribution is 6.04. The highest BCUT2D eigenvalue weighted by Crippen LogP contribution is 2.23. The van der Waals surface area contributed by atoms with Crippen LogP contribution in [0.25, 0.3) is 17.0 Å². The lowest BCUT2D eigenvalue weighted by atomic mass is 10.1. The molecule has 2 N–H and O–H groups in total. The number of amides is 1. The van der Waals surface area contributed by atoms with E-state index in [4.69, 9.17) is 9.84 Å². The number of benzene rings is 2. The Morgan fingerprint density at radius 1 is 1.21 bits per heavy atom. The summed E-state index contributed by atoms with van der Waals surface area (Å²) < 4.78 is 6.68. The molecule has 0 aliphatic heterocycles. The van der Waals surface area contributed by atoms with E-state index in [2.05, 4.69) is 5.32 Å². The number of carbonyl (C=O) groups is 2. The van der Waals surface area contributed by atoms with Crippen LogP contribution in [0.3, 0.4) is 0 Å². The summed E-state index contributed by atoms with van der Waals surface area (Å²) in [5.41, 5.74) is 2.14. The molecule has 3 aromatic rings. The summed E-state index contributed by atoms with van der Waals surface area (Å²) in [5.74, 6) is -0.757. The van der Waals surface area contributed by atoms with Crippen molar-refractivity contribution in [2.45, 2.75) is 13.1 Å². The Bertz CT molecular complexity index is 1120. The number of nitrogens with zero attached hydrogens (tertiary/aromatic N) is 2. The number of carboxylic acid groups (broad SMARTS) is 1. The molecule has 0 saturated carbocycles. The van der Waals surface area contributed by atoms with Crippen LogP contribution in [0.5, 0.6) is 5.75 Å². The molecule has 29 heavy (non-hydrogen) atoms. The maximum atomic E-state index is 12.5.